The van der Waals surface area contributed by atoms with Gasteiger partial charge >= 0.3 is 0 Å². The van der Waals surface area contributed by atoms with Crippen LogP contribution in [-0.2, 0) is 6.54 Å². The minimum atomic E-state index is -0.550. The van der Waals surface area contributed by atoms with Gasteiger partial charge in [-0.25, -0.2) is 4.98 Å². The summed E-state index contributed by atoms with van der Waals surface area (Å²) >= 11 is 0. The first-order valence-corrected chi connectivity index (χ1v) is 9.23. The summed E-state index contributed by atoms with van der Waals surface area (Å²) in [5, 5.41) is 11.0. The molecule has 0 spiro atoms. The van der Waals surface area contributed by atoms with E-state index in [1.165, 1.54) is 25.0 Å². The van der Waals surface area contributed by atoms with Crippen LogP contribution in [0.3, 0.4) is 0 Å². The van der Waals surface area contributed by atoms with E-state index in [0.29, 0.717) is 0 Å². The van der Waals surface area contributed by atoms with Crippen molar-refractivity contribution in [2.45, 2.75) is 44.8 Å². The maximum absolute atomic E-state index is 11.0. The SMILES string of the molecule is Cc1nc2ccccn2c1CN1CCC(O)(CN2CCCCC2)C1. The normalized spacial score (nSPS) is 26.4. The summed E-state index contributed by atoms with van der Waals surface area (Å²) < 4.78 is 2.18. The Morgan fingerprint density at radius 3 is 2.79 bits per heavy atom. The summed E-state index contributed by atoms with van der Waals surface area (Å²) in [6.07, 6.45) is 6.86. The van der Waals surface area contributed by atoms with E-state index in [2.05, 4.69) is 32.3 Å². The van der Waals surface area contributed by atoms with Crippen molar-refractivity contribution in [3.63, 3.8) is 0 Å². The molecule has 1 atom stereocenters. The number of aromatic nitrogens is 2. The number of fused-ring (bicyclic) bond motifs is 1. The standard InChI is InChI=1S/C19H28N4O/c1-16-17(23-11-6-3-7-18(23)20-16)13-22-12-8-19(24,15-22)14-21-9-4-2-5-10-21/h3,6-7,11,24H,2,4-5,8-10,12-15H2,1H3. The number of rotatable bonds is 4. The van der Waals surface area contributed by atoms with Gasteiger partial charge in [0.1, 0.15) is 5.65 Å². The first-order valence-electron chi connectivity index (χ1n) is 9.23. The predicted molar refractivity (Wildman–Crippen MR) is 95.1 cm³/mol. The van der Waals surface area contributed by atoms with Gasteiger partial charge in [0, 0.05) is 32.4 Å². The molecule has 130 valence electrons. The van der Waals surface area contributed by atoms with Crippen molar-refractivity contribution >= 4 is 5.65 Å². The third kappa shape index (κ3) is 3.21. The lowest BCUT2D eigenvalue weighted by molar-refractivity contribution is 0.00624. The van der Waals surface area contributed by atoms with Crippen LogP contribution in [0.4, 0.5) is 0 Å². The fourth-order valence-electron chi connectivity index (χ4n) is 4.30. The van der Waals surface area contributed by atoms with Crippen molar-refractivity contribution in [2.24, 2.45) is 0 Å². The van der Waals surface area contributed by atoms with Crippen LogP contribution in [0.1, 0.15) is 37.1 Å². The number of hydrogen-bond acceptors (Lipinski definition) is 4. The van der Waals surface area contributed by atoms with Crippen molar-refractivity contribution < 1.29 is 5.11 Å². The van der Waals surface area contributed by atoms with Crippen molar-refractivity contribution in [3.05, 3.63) is 35.8 Å². The topological polar surface area (TPSA) is 44.0 Å². The molecule has 4 heterocycles. The first kappa shape index (κ1) is 16.1. The molecule has 0 saturated carbocycles. The van der Waals surface area contributed by atoms with Gasteiger partial charge in [-0.3, -0.25) is 4.90 Å². The number of aryl methyl sites for hydroxylation is 1. The molecule has 0 amide bonds. The zero-order valence-electron chi connectivity index (χ0n) is 14.6. The van der Waals surface area contributed by atoms with Gasteiger partial charge in [0.2, 0.25) is 0 Å². The largest absolute Gasteiger partial charge is 0.387 e. The van der Waals surface area contributed by atoms with E-state index in [4.69, 9.17) is 0 Å². The number of imidazole rings is 1. The zero-order valence-corrected chi connectivity index (χ0v) is 14.6. The number of β-amino-alcohol motifs (C(OH)–C–C–N with tert-alkyl or cyclic N) is 1. The van der Waals surface area contributed by atoms with E-state index in [1.54, 1.807) is 0 Å². The molecule has 2 aromatic rings. The number of pyridine rings is 1. The molecule has 0 radical (unpaired) electrons. The number of aliphatic hydroxyl groups is 1. The molecule has 1 N–H and O–H groups in total. The molecular formula is C19H28N4O. The molecule has 5 heteroatoms. The Morgan fingerprint density at radius 1 is 1.12 bits per heavy atom. The van der Waals surface area contributed by atoms with Gasteiger partial charge < -0.3 is 14.4 Å². The number of piperidine rings is 1. The van der Waals surface area contributed by atoms with E-state index in [9.17, 15) is 5.11 Å². The second-order valence-corrected chi connectivity index (χ2v) is 7.59. The van der Waals surface area contributed by atoms with Gasteiger partial charge in [-0.1, -0.05) is 12.5 Å². The van der Waals surface area contributed by atoms with Crippen LogP contribution in [0, 0.1) is 6.92 Å². The quantitative estimate of drug-likeness (QED) is 0.933. The van der Waals surface area contributed by atoms with Gasteiger partial charge in [0.05, 0.1) is 17.0 Å². The molecule has 5 nitrogen and oxygen atoms in total. The highest BCUT2D eigenvalue weighted by Crippen LogP contribution is 2.26. The third-order valence-electron chi connectivity index (χ3n) is 5.58. The Kier molecular flexibility index (Phi) is 4.33. The molecule has 0 aromatic carbocycles. The minimum Gasteiger partial charge on any atom is -0.387 e. The van der Waals surface area contributed by atoms with Crippen LogP contribution in [0.25, 0.3) is 5.65 Å². The van der Waals surface area contributed by atoms with E-state index >= 15 is 0 Å². The Bertz CT molecular complexity index is 706. The predicted octanol–water partition coefficient (Wildman–Crippen LogP) is 2.07. The summed E-state index contributed by atoms with van der Waals surface area (Å²) in [5.74, 6) is 0. The maximum Gasteiger partial charge on any atom is 0.137 e. The number of likely N-dealkylation sites (tertiary alicyclic amines) is 2. The smallest absolute Gasteiger partial charge is 0.137 e. The van der Waals surface area contributed by atoms with Gasteiger partial charge in [-0.2, -0.15) is 0 Å². The van der Waals surface area contributed by atoms with Crippen molar-refractivity contribution in [1.82, 2.24) is 19.2 Å². The lowest BCUT2D eigenvalue weighted by Crippen LogP contribution is -2.46. The van der Waals surface area contributed by atoms with Gasteiger partial charge in [-0.05, 0) is 51.4 Å². The molecule has 2 aliphatic rings. The summed E-state index contributed by atoms with van der Waals surface area (Å²) in [6.45, 7) is 7.80. The molecule has 0 bridgehead atoms. The van der Waals surface area contributed by atoms with Gasteiger partial charge in [0.25, 0.3) is 0 Å². The summed E-state index contributed by atoms with van der Waals surface area (Å²) in [4.78, 5) is 9.48. The Balaban J connectivity index is 1.43. The molecule has 4 rings (SSSR count). The minimum absolute atomic E-state index is 0.550. The molecule has 2 aromatic heterocycles. The zero-order chi connectivity index (χ0) is 16.6. The van der Waals surface area contributed by atoms with E-state index < -0.39 is 5.60 Å². The molecular weight excluding hydrogens is 300 g/mol. The van der Waals surface area contributed by atoms with Crippen LogP contribution >= 0.6 is 0 Å². The first-order chi connectivity index (χ1) is 11.6. The average Bonchev–Trinajstić information content (AvgIpc) is 3.09. The summed E-state index contributed by atoms with van der Waals surface area (Å²) in [6, 6.07) is 6.13. The van der Waals surface area contributed by atoms with Crippen molar-refractivity contribution in [2.75, 3.05) is 32.7 Å². The lowest BCUT2D eigenvalue weighted by atomic mass is 10.0. The Labute approximate surface area is 143 Å². The molecule has 2 saturated heterocycles. The highest BCUT2D eigenvalue weighted by molar-refractivity contribution is 5.42. The van der Waals surface area contributed by atoms with E-state index in [1.807, 2.05) is 18.2 Å². The molecule has 24 heavy (non-hydrogen) atoms. The highest BCUT2D eigenvalue weighted by atomic mass is 16.3. The molecule has 2 fully saturated rings. The van der Waals surface area contributed by atoms with Gasteiger partial charge in [-0.15, -0.1) is 0 Å². The van der Waals surface area contributed by atoms with E-state index in [-0.39, 0.29) is 0 Å². The number of hydrogen-bond donors (Lipinski definition) is 1. The second-order valence-electron chi connectivity index (χ2n) is 7.59. The van der Waals surface area contributed by atoms with Crippen molar-refractivity contribution in [3.8, 4) is 0 Å². The Morgan fingerprint density at radius 2 is 1.96 bits per heavy atom. The highest BCUT2D eigenvalue weighted by Gasteiger charge is 2.38. The summed E-state index contributed by atoms with van der Waals surface area (Å²) in [7, 11) is 0. The average molecular weight is 328 g/mol. The fraction of sp³-hybridized carbons (Fsp3) is 0.632. The molecule has 2 aliphatic heterocycles. The van der Waals surface area contributed by atoms with Crippen LogP contribution in [0.5, 0.6) is 0 Å². The molecule has 0 aliphatic carbocycles. The monoisotopic (exact) mass is 328 g/mol. The van der Waals surface area contributed by atoms with Crippen molar-refractivity contribution in [1.29, 1.82) is 0 Å². The second kappa shape index (κ2) is 6.47. The third-order valence-corrected chi connectivity index (χ3v) is 5.58. The van der Waals surface area contributed by atoms with Gasteiger partial charge in [0.15, 0.2) is 0 Å². The maximum atomic E-state index is 11.0. The van der Waals surface area contributed by atoms with E-state index in [0.717, 1.165) is 57.0 Å². The van der Waals surface area contributed by atoms with Crippen LogP contribution in [0.2, 0.25) is 0 Å². The Hall–Kier alpha value is -1.43. The number of nitrogens with zero attached hydrogens (tertiary/aromatic N) is 4. The summed E-state index contributed by atoms with van der Waals surface area (Å²) in [5.41, 5.74) is 2.79. The van der Waals surface area contributed by atoms with Crippen LogP contribution in [0.15, 0.2) is 24.4 Å². The molecule has 1 unspecified atom stereocenters. The fourth-order valence-corrected chi connectivity index (χ4v) is 4.30. The lowest BCUT2D eigenvalue weighted by Gasteiger charge is -2.33. The van der Waals surface area contributed by atoms with Crippen LogP contribution < -0.4 is 0 Å². The van der Waals surface area contributed by atoms with Crippen LogP contribution in [-0.4, -0.2) is 62.6 Å².